The number of aromatic nitrogens is 4. The van der Waals surface area contributed by atoms with Crippen molar-refractivity contribution in [3.63, 3.8) is 0 Å². The van der Waals surface area contributed by atoms with E-state index < -0.39 is 4.92 Å². The van der Waals surface area contributed by atoms with Gasteiger partial charge in [-0.05, 0) is 12.1 Å². The lowest BCUT2D eigenvalue weighted by molar-refractivity contribution is -0.383. The third kappa shape index (κ3) is 2.96. The molecule has 0 fully saturated rings. The fourth-order valence-electron chi connectivity index (χ4n) is 1.69. The molecule has 0 atom stereocenters. The first-order valence-electron chi connectivity index (χ1n) is 6.07. The van der Waals surface area contributed by atoms with Crippen molar-refractivity contribution in [2.45, 2.75) is 0 Å². The molecular weight excluding hydrogens is 306 g/mol. The van der Waals surface area contributed by atoms with Gasteiger partial charge in [-0.1, -0.05) is 0 Å². The van der Waals surface area contributed by atoms with Crippen LogP contribution in [0.15, 0.2) is 42.4 Å². The van der Waals surface area contributed by atoms with Crippen LogP contribution in [0.25, 0.3) is 0 Å². The summed E-state index contributed by atoms with van der Waals surface area (Å²) < 4.78 is 0. The first-order valence-corrected chi connectivity index (χ1v) is 6.95. The van der Waals surface area contributed by atoms with Crippen LogP contribution in [0.3, 0.4) is 0 Å². The van der Waals surface area contributed by atoms with E-state index in [-0.39, 0.29) is 17.3 Å². The normalized spacial score (nSPS) is 10.2. The van der Waals surface area contributed by atoms with Crippen LogP contribution in [-0.2, 0) is 0 Å². The lowest BCUT2D eigenvalue weighted by atomic mass is 10.3. The number of nitrogens with one attached hydrogen (secondary N) is 2. The molecule has 3 rings (SSSR count). The van der Waals surface area contributed by atoms with E-state index in [0.717, 1.165) is 0 Å². The van der Waals surface area contributed by atoms with Gasteiger partial charge in [0.05, 0.1) is 4.92 Å². The van der Waals surface area contributed by atoms with E-state index in [4.69, 9.17) is 0 Å². The Morgan fingerprint density at radius 2 is 1.77 bits per heavy atom. The molecule has 110 valence electrons. The molecule has 22 heavy (non-hydrogen) atoms. The molecule has 0 bridgehead atoms. The lowest BCUT2D eigenvalue weighted by Crippen LogP contribution is -2.05. The Labute approximate surface area is 128 Å². The summed E-state index contributed by atoms with van der Waals surface area (Å²) in [6.07, 6.45) is 5.98. The number of nitro groups is 1. The molecule has 9 nitrogen and oxygen atoms in total. The molecule has 3 aromatic heterocycles. The number of rotatable bonds is 5. The van der Waals surface area contributed by atoms with Gasteiger partial charge in [-0.2, -0.15) is 0 Å². The smallest absolute Gasteiger partial charge is 0.334 e. The summed E-state index contributed by atoms with van der Waals surface area (Å²) >= 11 is 1.31. The summed E-state index contributed by atoms with van der Waals surface area (Å²) in [5, 5.41) is 19.4. The minimum absolute atomic E-state index is 0.0755. The minimum Gasteiger partial charge on any atom is -0.334 e. The Balaban J connectivity index is 1.97. The van der Waals surface area contributed by atoms with Gasteiger partial charge in [0.25, 0.3) is 0 Å². The molecule has 0 saturated carbocycles. The Kier molecular flexibility index (Phi) is 3.83. The van der Waals surface area contributed by atoms with Crippen LogP contribution in [0.2, 0.25) is 0 Å². The van der Waals surface area contributed by atoms with Crippen molar-refractivity contribution in [1.29, 1.82) is 0 Å². The van der Waals surface area contributed by atoms with E-state index >= 15 is 0 Å². The van der Waals surface area contributed by atoms with Gasteiger partial charge in [0, 0.05) is 29.7 Å². The summed E-state index contributed by atoms with van der Waals surface area (Å²) in [5.74, 6) is 0.164. The highest BCUT2D eigenvalue weighted by molar-refractivity contribution is 7.13. The molecule has 0 spiro atoms. The van der Waals surface area contributed by atoms with E-state index in [9.17, 15) is 10.1 Å². The summed E-state index contributed by atoms with van der Waals surface area (Å²) in [6.45, 7) is 0. The highest BCUT2D eigenvalue weighted by Gasteiger charge is 2.23. The van der Waals surface area contributed by atoms with Crippen LogP contribution < -0.4 is 10.6 Å². The molecule has 10 heteroatoms. The first-order chi connectivity index (χ1) is 10.7. The maximum absolute atomic E-state index is 11.4. The van der Waals surface area contributed by atoms with Crippen LogP contribution in [0.1, 0.15) is 0 Å². The molecule has 0 amide bonds. The topological polar surface area (TPSA) is 119 Å². The summed E-state index contributed by atoms with van der Waals surface area (Å²) in [7, 11) is 0. The molecule has 0 radical (unpaired) electrons. The van der Waals surface area contributed by atoms with Gasteiger partial charge >= 0.3 is 5.69 Å². The van der Waals surface area contributed by atoms with Crippen molar-refractivity contribution in [2.24, 2.45) is 0 Å². The van der Waals surface area contributed by atoms with Gasteiger partial charge in [0.1, 0.15) is 6.33 Å². The van der Waals surface area contributed by atoms with Gasteiger partial charge in [0.2, 0.25) is 11.6 Å². The molecule has 0 aromatic carbocycles. The van der Waals surface area contributed by atoms with Crippen molar-refractivity contribution >= 4 is 39.5 Å². The number of anilines is 4. The molecular formula is C12H9N7O2S. The van der Waals surface area contributed by atoms with Gasteiger partial charge < -0.3 is 10.6 Å². The van der Waals surface area contributed by atoms with E-state index in [1.807, 2.05) is 0 Å². The number of nitrogens with zero attached hydrogens (tertiary/aromatic N) is 5. The zero-order chi connectivity index (χ0) is 15.4. The van der Waals surface area contributed by atoms with Crippen molar-refractivity contribution in [3.8, 4) is 0 Å². The van der Waals surface area contributed by atoms with Crippen LogP contribution >= 0.6 is 11.3 Å². The van der Waals surface area contributed by atoms with Gasteiger partial charge in [-0.15, -0.1) is 11.3 Å². The van der Waals surface area contributed by atoms with Crippen molar-refractivity contribution in [3.05, 3.63) is 52.5 Å². The third-order valence-corrected chi connectivity index (χ3v) is 3.29. The highest BCUT2D eigenvalue weighted by Crippen LogP contribution is 2.33. The molecule has 0 unspecified atom stereocenters. The average molecular weight is 315 g/mol. The number of hydrogen-bond acceptors (Lipinski definition) is 9. The van der Waals surface area contributed by atoms with Gasteiger partial charge in [-0.25, -0.2) is 15.0 Å². The van der Waals surface area contributed by atoms with Crippen molar-refractivity contribution in [2.75, 3.05) is 10.6 Å². The third-order valence-electron chi connectivity index (χ3n) is 2.61. The van der Waals surface area contributed by atoms with Gasteiger partial charge in [0.15, 0.2) is 5.13 Å². The highest BCUT2D eigenvalue weighted by atomic mass is 32.1. The summed E-state index contributed by atoms with van der Waals surface area (Å²) in [4.78, 5) is 26.6. The van der Waals surface area contributed by atoms with E-state index in [1.54, 1.807) is 36.1 Å². The Morgan fingerprint density at radius 3 is 2.41 bits per heavy atom. The molecule has 2 N–H and O–H groups in total. The monoisotopic (exact) mass is 315 g/mol. The maximum Gasteiger partial charge on any atom is 0.353 e. The molecule has 0 aliphatic rings. The summed E-state index contributed by atoms with van der Waals surface area (Å²) in [6, 6.07) is 3.36. The predicted molar refractivity (Wildman–Crippen MR) is 81.6 cm³/mol. The zero-order valence-corrected chi connectivity index (χ0v) is 11.8. The lowest BCUT2D eigenvalue weighted by Gasteiger charge is -2.08. The minimum atomic E-state index is -0.542. The van der Waals surface area contributed by atoms with Crippen LogP contribution in [-0.4, -0.2) is 24.9 Å². The molecule has 0 saturated heterocycles. The van der Waals surface area contributed by atoms with Crippen molar-refractivity contribution in [1.82, 2.24) is 19.9 Å². The quantitative estimate of drug-likeness (QED) is 0.545. The van der Waals surface area contributed by atoms with Crippen molar-refractivity contribution < 1.29 is 4.92 Å². The first kappa shape index (κ1) is 13.8. The second kappa shape index (κ2) is 6.10. The Hall–Kier alpha value is -3.14. The van der Waals surface area contributed by atoms with Crippen LogP contribution in [0, 0.1) is 10.1 Å². The zero-order valence-electron chi connectivity index (χ0n) is 11.0. The maximum atomic E-state index is 11.4. The number of hydrogen-bond donors (Lipinski definition) is 2. The fraction of sp³-hybridized carbons (Fsp3) is 0. The Bertz CT molecular complexity index is 779. The molecule has 3 aromatic rings. The second-order valence-electron chi connectivity index (χ2n) is 4.00. The Morgan fingerprint density at radius 1 is 1.05 bits per heavy atom. The number of pyridine rings is 1. The van der Waals surface area contributed by atoms with E-state index in [2.05, 4.69) is 30.6 Å². The van der Waals surface area contributed by atoms with Crippen LogP contribution in [0.5, 0.6) is 0 Å². The molecule has 3 heterocycles. The standard InChI is InChI=1S/C12H9N7O2S/c20-19(21)9-10(17-8-1-3-13-4-2-8)15-7-16-11(9)18-12-14-5-6-22-12/h1-7H,(H2,13,14,15,16,17,18). The van der Waals surface area contributed by atoms with E-state index in [1.165, 1.54) is 17.7 Å². The second-order valence-corrected chi connectivity index (χ2v) is 4.89. The van der Waals surface area contributed by atoms with Gasteiger partial charge in [-0.3, -0.25) is 15.1 Å². The molecule has 0 aliphatic heterocycles. The predicted octanol–water partition coefficient (Wildman–Crippen LogP) is 2.72. The SMILES string of the molecule is O=[N+]([O-])c1c(Nc2ccncc2)ncnc1Nc1nccs1. The number of thiazole rings is 1. The van der Waals surface area contributed by atoms with E-state index in [0.29, 0.717) is 10.8 Å². The largest absolute Gasteiger partial charge is 0.353 e. The van der Waals surface area contributed by atoms with Crippen LogP contribution in [0.4, 0.5) is 28.1 Å². The molecule has 0 aliphatic carbocycles. The fourth-order valence-corrected chi connectivity index (χ4v) is 2.22. The summed E-state index contributed by atoms with van der Waals surface area (Å²) in [5.41, 5.74) is 0.381. The average Bonchev–Trinajstić information content (AvgIpc) is 3.01.